The Kier molecular flexibility index (Phi) is 11.4. The van der Waals surface area contributed by atoms with Gasteiger partial charge < -0.3 is 20.3 Å². The van der Waals surface area contributed by atoms with Crippen LogP contribution in [-0.2, 0) is 14.3 Å². The predicted octanol–water partition coefficient (Wildman–Crippen LogP) is 5.63. The zero-order valence-electron chi connectivity index (χ0n) is 27.1. The van der Waals surface area contributed by atoms with E-state index in [1.165, 1.54) is 4.90 Å². The van der Waals surface area contributed by atoms with Gasteiger partial charge in [-0.25, -0.2) is 4.99 Å². The average molecular weight is 653 g/mol. The number of nitrogens with one attached hydrogen (secondary N) is 2. The molecule has 244 valence electrons. The summed E-state index contributed by atoms with van der Waals surface area (Å²) in [5, 5.41) is 6.92. The van der Waals surface area contributed by atoms with Crippen molar-refractivity contribution in [2.75, 3.05) is 40.4 Å². The van der Waals surface area contributed by atoms with Crippen molar-refractivity contribution >= 4 is 34.8 Å². The molecule has 2 N–H and O–H groups in total. The Morgan fingerprint density at radius 3 is 2.57 bits per heavy atom. The summed E-state index contributed by atoms with van der Waals surface area (Å²) < 4.78 is 5.49. The summed E-state index contributed by atoms with van der Waals surface area (Å²) in [6.07, 6.45) is 8.78. The Bertz CT molecular complexity index is 1680. The zero-order chi connectivity index (χ0) is 33.3. The molecule has 2 amide bonds. The van der Waals surface area contributed by atoms with Crippen LogP contribution in [-0.4, -0.2) is 78.9 Å². The summed E-state index contributed by atoms with van der Waals surface area (Å²) in [6.45, 7) is 7.67. The third-order valence-corrected chi connectivity index (χ3v) is 8.39. The molecule has 9 nitrogen and oxygen atoms in total. The van der Waals surface area contributed by atoms with Crippen LogP contribution in [0.3, 0.4) is 0 Å². The number of ether oxygens (including phenoxy) is 1. The topological polar surface area (TPSA) is 99.2 Å². The minimum atomic E-state index is -0.386. The van der Waals surface area contributed by atoms with Gasteiger partial charge >= 0.3 is 0 Å². The molecule has 1 atom stereocenters. The summed E-state index contributed by atoms with van der Waals surface area (Å²) in [4.78, 5) is 40.6. The molecule has 0 aliphatic carbocycles. The van der Waals surface area contributed by atoms with Crippen molar-refractivity contribution in [2.24, 2.45) is 4.99 Å². The highest BCUT2D eigenvalue weighted by molar-refractivity contribution is 6.38. The molecule has 1 aromatic heterocycles. The predicted molar refractivity (Wildman–Crippen MR) is 188 cm³/mol. The standard InChI is InChI=1S/C37H41ClN6O3/c1-5-26-20-32(31-14-13-28(21-33(31)38)29-12-9-17-39-22-29)37(46)44(36(26)41-25(2)40-30-15-18-47-19-16-30)24-35(45)42-34(23-43(3)4)27-10-7-6-8-11-27/h5-14,17,20-22,30,34,40H,2,15-16,18-19,23-24H2,1,3-4H3,(H,42,45)/b26-5-,41-36+. The van der Waals surface area contributed by atoms with E-state index in [4.69, 9.17) is 21.3 Å². The summed E-state index contributed by atoms with van der Waals surface area (Å²) in [7, 11) is 3.91. The van der Waals surface area contributed by atoms with Gasteiger partial charge in [0.25, 0.3) is 5.91 Å². The summed E-state index contributed by atoms with van der Waals surface area (Å²) in [5.41, 5.74) is 4.35. The van der Waals surface area contributed by atoms with Gasteiger partial charge in [0.15, 0.2) is 0 Å². The van der Waals surface area contributed by atoms with Gasteiger partial charge in [0.1, 0.15) is 18.2 Å². The van der Waals surface area contributed by atoms with E-state index in [0.29, 0.717) is 53.1 Å². The van der Waals surface area contributed by atoms with Crippen molar-refractivity contribution < 1.29 is 14.3 Å². The molecule has 2 aliphatic rings. The van der Waals surface area contributed by atoms with E-state index in [-0.39, 0.29) is 30.4 Å². The number of hydrogen-bond donors (Lipinski definition) is 2. The van der Waals surface area contributed by atoms with Crippen LogP contribution in [0.4, 0.5) is 0 Å². The van der Waals surface area contributed by atoms with E-state index in [9.17, 15) is 9.59 Å². The van der Waals surface area contributed by atoms with Crippen molar-refractivity contribution in [3.63, 3.8) is 0 Å². The maximum atomic E-state index is 14.4. The van der Waals surface area contributed by atoms with Crippen LogP contribution in [0.1, 0.15) is 36.9 Å². The van der Waals surface area contributed by atoms with Crippen LogP contribution in [0.15, 0.2) is 108 Å². The number of aromatic nitrogens is 1. The van der Waals surface area contributed by atoms with E-state index in [1.807, 2.05) is 92.7 Å². The van der Waals surface area contributed by atoms with Gasteiger partial charge in [-0.1, -0.05) is 72.8 Å². The van der Waals surface area contributed by atoms with E-state index in [1.54, 1.807) is 18.5 Å². The quantitative estimate of drug-likeness (QED) is 0.279. The Labute approximate surface area is 281 Å². The molecule has 3 heterocycles. The van der Waals surface area contributed by atoms with Crippen LogP contribution in [0.2, 0.25) is 5.02 Å². The molecule has 0 bridgehead atoms. The maximum absolute atomic E-state index is 14.4. The fourth-order valence-corrected chi connectivity index (χ4v) is 5.99. The van der Waals surface area contributed by atoms with E-state index < -0.39 is 0 Å². The number of rotatable bonds is 11. The van der Waals surface area contributed by atoms with Crippen LogP contribution in [0.25, 0.3) is 16.7 Å². The lowest BCUT2D eigenvalue weighted by Gasteiger charge is -2.32. The number of likely N-dealkylation sites (N-methyl/N-ethyl adjacent to an activating group) is 1. The molecule has 2 aliphatic heterocycles. The van der Waals surface area contributed by atoms with Crippen LogP contribution in [0, 0.1) is 0 Å². The Hall–Kier alpha value is -4.57. The van der Waals surface area contributed by atoms with E-state index in [2.05, 4.69) is 22.2 Å². The molecule has 0 saturated carbocycles. The molecule has 0 radical (unpaired) electrons. The first-order chi connectivity index (χ1) is 22.7. The zero-order valence-corrected chi connectivity index (χ0v) is 27.8. The largest absolute Gasteiger partial charge is 0.381 e. The Balaban J connectivity index is 1.48. The van der Waals surface area contributed by atoms with Crippen molar-refractivity contribution in [3.8, 4) is 11.1 Å². The first-order valence-electron chi connectivity index (χ1n) is 15.7. The lowest BCUT2D eigenvalue weighted by Crippen LogP contribution is -2.48. The molecule has 1 saturated heterocycles. The van der Waals surface area contributed by atoms with Gasteiger partial charge in [-0.15, -0.1) is 0 Å². The lowest BCUT2D eigenvalue weighted by atomic mass is 9.94. The second-order valence-corrected chi connectivity index (χ2v) is 12.2. The smallest absolute Gasteiger partial charge is 0.260 e. The number of carbonyl (C=O) groups is 2. The van der Waals surface area contributed by atoms with E-state index >= 15 is 0 Å². The number of halogens is 1. The molecule has 10 heteroatoms. The fraction of sp³-hybridized carbons (Fsp3) is 0.297. The molecule has 5 rings (SSSR count). The third kappa shape index (κ3) is 8.62. The fourth-order valence-electron chi connectivity index (χ4n) is 5.71. The molecule has 3 aromatic rings. The summed E-state index contributed by atoms with van der Waals surface area (Å²) in [5.74, 6) is 0.0469. The SMILES string of the molecule is C=C(/N=C1\C(=C/C)C=C(c2ccc(-c3cccnc3)cc2Cl)C(=O)N1CC(=O)NC(CN(C)C)c1ccccc1)NC1CCOCC1. The van der Waals surface area contributed by atoms with Crippen molar-refractivity contribution in [3.05, 3.63) is 119 Å². The second-order valence-electron chi connectivity index (χ2n) is 11.8. The highest BCUT2D eigenvalue weighted by Crippen LogP contribution is 2.34. The number of carbonyl (C=O) groups excluding carboxylic acids is 2. The monoisotopic (exact) mass is 652 g/mol. The van der Waals surface area contributed by atoms with Gasteiger partial charge in [-0.3, -0.25) is 19.5 Å². The van der Waals surface area contributed by atoms with Crippen molar-refractivity contribution in [1.82, 2.24) is 25.4 Å². The van der Waals surface area contributed by atoms with Crippen molar-refractivity contribution in [2.45, 2.75) is 31.8 Å². The Morgan fingerprint density at radius 1 is 1.15 bits per heavy atom. The Morgan fingerprint density at radius 2 is 1.91 bits per heavy atom. The molecule has 47 heavy (non-hydrogen) atoms. The van der Waals surface area contributed by atoms with Crippen LogP contribution < -0.4 is 10.6 Å². The normalized spacial score (nSPS) is 17.9. The highest BCUT2D eigenvalue weighted by Gasteiger charge is 2.34. The number of pyridine rings is 1. The number of hydrogen-bond acceptors (Lipinski definition) is 7. The third-order valence-electron chi connectivity index (χ3n) is 8.07. The van der Waals surface area contributed by atoms with Gasteiger partial charge in [0, 0.05) is 65.5 Å². The number of nitrogens with zero attached hydrogens (tertiary/aromatic N) is 4. The van der Waals surface area contributed by atoms with Gasteiger partial charge in [-0.2, -0.15) is 0 Å². The molecule has 1 fully saturated rings. The molecular formula is C37H41ClN6O3. The van der Waals surface area contributed by atoms with Gasteiger partial charge in [0.05, 0.1) is 6.04 Å². The first-order valence-corrected chi connectivity index (χ1v) is 16.1. The molecular weight excluding hydrogens is 612 g/mol. The molecule has 2 aromatic carbocycles. The first kappa shape index (κ1) is 33.8. The lowest BCUT2D eigenvalue weighted by molar-refractivity contribution is -0.129. The van der Waals surface area contributed by atoms with Gasteiger partial charge in [0.2, 0.25) is 5.91 Å². The van der Waals surface area contributed by atoms with Gasteiger partial charge in [-0.05, 0) is 63.2 Å². The summed E-state index contributed by atoms with van der Waals surface area (Å²) >= 11 is 6.84. The molecule has 0 spiro atoms. The molecule has 1 unspecified atom stereocenters. The number of allylic oxidation sites excluding steroid dienone is 1. The summed E-state index contributed by atoms with van der Waals surface area (Å²) in [6, 6.07) is 19.0. The number of aliphatic imine (C=N–C) groups is 1. The average Bonchev–Trinajstić information content (AvgIpc) is 3.07. The van der Waals surface area contributed by atoms with Crippen LogP contribution >= 0.6 is 11.6 Å². The van der Waals surface area contributed by atoms with Crippen molar-refractivity contribution in [1.29, 1.82) is 0 Å². The second kappa shape index (κ2) is 15.8. The highest BCUT2D eigenvalue weighted by atomic mass is 35.5. The number of amidine groups is 1. The minimum Gasteiger partial charge on any atom is -0.381 e. The van der Waals surface area contributed by atoms with E-state index in [0.717, 1.165) is 29.5 Å². The number of benzene rings is 2. The maximum Gasteiger partial charge on any atom is 0.260 e. The van der Waals surface area contributed by atoms with Crippen LogP contribution in [0.5, 0.6) is 0 Å². The number of amides is 2. The minimum absolute atomic E-state index is 0.159.